The fourth-order valence-electron chi connectivity index (χ4n) is 2.34. The second kappa shape index (κ2) is 5.93. The van der Waals surface area contributed by atoms with Crippen molar-refractivity contribution in [3.63, 3.8) is 0 Å². The molecule has 0 radical (unpaired) electrons. The van der Waals surface area contributed by atoms with Gasteiger partial charge in [-0.05, 0) is 31.9 Å². The Kier molecular flexibility index (Phi) is 4.45. The molecule has 0 aromatic heterocycles. The summed E-state index contributed by atoms with van der Waals surface area (Å²) in [5, 5.41) is 2.91. The van der Waals surface area contributed by atoms with E-state index in [1.54, 1.807) is 12.1 Å². The van der Waals surface area contributed by atoms with Gasteiger partial charge in [0, 0.05) is 24.7 Å². The molecule has 5 nitrogen and oxygen atoms in total. The van der Waals surface area contributed by atoms with Crippen molar-refractivity contribution in [1.82, 2.24) is 9.62 Å². The lowest BCUT2D eigenvalue weighted by molar-refractivity contribution is 0.0921. The van der Waals surface area contributed by atoms with Crippen LogP contribution < -0.4 is 5.32 Å². The van der Waals surface area contributed by atoms with Gasteiger partial charge in [0.2, 0.25) is 10.0 Å². The molecule has 1 heterocycles. The van der Waals surface area contributed by atoms with Crippen molar-refractivity contribution in [3.05, 3.63) is 35.4 Å². The van der Waals surface area contributed by atoms with Crippen LogP contribution in [0.5, 0.6) is 0 Å². The molecule has 1 saturated heterocycles. The summed E-state index contributed by atoms with van der Waals surface area (Å²) in [6.07, 6.45) is 2.78. The van der Waals surface area contributed by atoms with Crippen molar-refractivity contribution in [2.75, 3.05) is 19.3 Å². The Hall–Kier alpha value is -1.40. The van der Waals surface area contributed by atoms with Gasteiger partial charge >= 0.3 is 0 Å². The lowest BCUT2D eigenvalue weighted by Crippen LogP contribution is -2.49. The molecule has 6 heteroatoms. The molecule has 0 spiro atoms. The minimum atomic E-state index is -3.18. The Morgan fingerprint density at radius 2 is 1.95 bits per heavy atom. The van der Waals surface area contributed by atoms with Crippen LogP contribution in [-0.2, 0) is 10.0 Å². The maximum absolute atomic E-state index is 12.1. The first-order chi connectivity index (χ1) is 9.36. The van der Waals surface area contributed by atoms with E-state index in [0.29, 0.717) is 18.7 Å². The van der Waals surface area contributed by atoms with E-state index in [4.69, 9.17) is 0 Å². The third kappa shape index (κ3) is 3.80. The molecule has 1 aromatic rings. The molecule has 0 bridgehead atoms. The van der Waals surface area contributed by atoms with Gasteiger partial charge in [-0.15, -0.1) is 0 Å². The number of amides is 1. The molecule has 1 fully saturated rings. The zero-order chi connectivity index (χ0) is 14.8. The topological polar surface area (TPSA) is 66.5 Å². The van der Waals surface area contributed by atoms with E-state index in [-0.39, 0.29) is 11.9 Å². The summed E-state index contributed by atoms with van der Waals surface area (Å²) in [5.41, 5.74) is 1.70. The summed E-state index contributed by atoms with van der Waals surface area (Å²) in [6.45, 7) is 2.86. The molecule has 1 aromatic carbocycles. The van der Waals surface area contributed by atoms with Crippen LogP contribution in [0.25, 0.3) is 0 Å². The summed E-state index contributed by atoms with van der Waals surface area (Å²) >= 11 is 0. The molecule has 1 atom stereocenters. The third-order valence-electron chi connectivity index (χ3n) is 3.50. The van der Waals surface area contributed by atoms with Crippen molar-refractivity contribution in [3.8, 4) is 0 Å². The quantitative estimate of drug-likeness (QED) is 0.910. The average molecular weight is 296 g/mol. The number of nitrogens with one attached hydrogen (secondary N) is 1. The second-order valence-corrected chi connectivity index (χ2v) is 7.28. The maximum Gasteiger partial charge on any atom is 0.251 e. The summed E-state index contributed by atoms with van der Waals surface area (Å²) in [7, 11) is -3.18. The van der Waals surface area contributed by atoms with Crippen molar-refractivity contribution in [2.45, 2.75) is 25.8 Å². The van der Waals surface area contributed by atoms with Gasteiger partial charge < -0.3 is 5.32 Å². The predicted molar refractivity (Wildman–Crippen MR) is 78.1 cm³/mol. The molecule has 1 amide bonds. The minimum absolute atomic E-state index is 0.118. The number of nitrogens with zero attached hydrogens (tertiary/aromatic N) is 1. The Balaban J connectivity index is 1.99. The lowest BCUT2D eigenvalue weighted by atomic mass is 10.1. The maximum atomic E-state index is 12.1. The summed E-state index contributed by atoms with van der Waals surface area (Å²) in [5.74, 6) is -0.148. The van der Waals surface area contributed by atoms with Gasteiger partial charge in [0.1, 0.15) is 0 Å². The molecular formula is C14H20N2O3S. The highest BCUT2D eigenvalue weighted by atomic mass is 32.2. The SMILES string of the molecule is Cc1ccc(C(=O)NC2CCCN(S(C)(=O)=O)C2)cc1. The lowest BCUT2D eigenvalue weighted by Gasteiger charge is -2.31. The number of carbonyl (C=O) groups is 1. The van der Waals surface area contributed by atoms with E-state index in [1.165, 1.54) is 10.6 Å². The molecule has 20 heavy (non-hydrogen) atoms. The summed E-state index contributed by atoms with van der Waals surface area (Å²) < 4.78 is 24.5. The molecule has 2 rings (SSSR count). The Morgan fingerprint density at radius 1 is 1.30 bits per heavy atom. The number of piperidine rings is 1. The van der Waals surface area contributed by atoms with Crippen molar-refractivity contribution in [2.24, 2.45) is 0 Å². The first-order valence-electron chi connectivity index (χ1n) is 6.69. The van der Waals surface area contributed by atoms with Crippen LogP contribution in [0, 0.1) is 6.92 Å². The zero-order valence-corrected chi connectivity index (χ0v) is 12.6. The van der Waals surface area contributed by atoms with Crippen molar-refractivity contribution < 1.29 is 13.2 Å². The van der Waals surface area contributed by atoms with Gasteiger partial charge in [-0.3, -0.25) is 4.79 Å². The van der Waals surface area contributed by atoms with E-state index in [9.17, 15) is 13.2 Å². The molecule has 1 N–H and O–H groups in total. The second-order valence-electron chi connectivity index (χ2n) is 5.30. The van der Waals surface area contributed by atoms with Gasteiger partial charge in [-0.2, -0.15) is 0 Å². The third-order valence-corrected chi connectivity index (χ3v) is 4.77. The zero-order valence-electron chi connectivity index (χ0n) is 11.8. The molecule has 0 aliphatic carbocycles. The van der Waals surface area contributed by atoms with Crippen LogP contribution in [-0.4, -0.2) is 44.0 Å². The Bertz CT molecular complexity index is 581. The van der Waals surface area contributed by atoms with E-state index < -0.39 is 10.0 Å². The number of hydrogen-bond acceptors (Lipinski definition) is 3. The number of aryl methyl sites for hydroxylation is 1. The first kappa shape index (κ1) is 15.0. The van der Waals surface area contributed by atoms with E-state index in [0.717, 1.165) is 18.4 Å². The highest BCUT2D eigenvalue weighted by Gasteiger charge is 2.26. The van der Waals surface area contributed by atoms with E-state index in [2.05, 4.69) is 5.32 Å². The molecule has 110 valence electrons. The number of rotatable bonds is 3. The van der Waals surface area contributed by atoms with Crippen molar-refractivity contribution in [1.29, 1.82) is 0 Å². The molecule has 1 unspecified atom stereocenters. The Morgan fingerprint density at radius 3 is 2.55 bits per heavy atom. The largest absolute Gasteiger partial charge is 0.348 e. The number of benzene rings is 1. The number of sulfonamides is 1. The molecule has 1 aliphatic rings. The van der Waals surface area contributed by atoms with Crippen LogP contribution in [0.2, 0.25) is 0 Å². The highest BCUT2D eigenvalue weighted by Crippen LogP contribution is 2.14. The van der Waals surface area contributed by atoms with Crippen LogP contribution in [0.4, 0.5) is 0 Å². The van der Waals surface area contributed by atoms with Crippen LogP contribution in [0.3, 0.4) is 0 Å². The summed E-state index contributed by atoms with van der Waals surface area (Å²) in [4.78, 5) is 12.1. The minimum Gasteiger partial charge on any atom is -0.348 e. The van der Waals surface area contributed by atoms with Gasteiger partial charge in [0.05, 0.1) is 6.26 Å². The number of carbonyl (C=O) groups excluding carboxylic acids is 1. The van der Waals surface area contributed by atoms with Crippen molar-refractivity contribution >= 4 is 15.9 Å². The van der Waals surface area contributed by atoms with Crippen LogP contribution in [0.1, 0.15) is 28.8 Å². The summed E-state index contributed by atoms with van der Waals surface area (Å²) in [6, 6.07) is 7.22. The molecule has 1 aliphatic heterocycles. The van der Waals surface area contributed by atoms with E-state index >= 15 is 0 Å². The molecule has 0 saturated carbocycles. The first-order valence-corrected chi connectivity index (χ1v) is 8.54. The molecular weight excluding hydrogens is 276 g/mol. The smallest absolute Gasteiger partial charge is 0.251 e. The van der Waals surface area contributed by atoms with Crippen LogP contribution >= 0.6 is 0 Å². The normalized spacial score (nSPS) is 20.6. The monoisotopic (exact) mass is 296 g/mol. The fourth-order valence-corrected chi connectivity index (χ4v) is 3.25. The van der Waals surface area contributed by atoms with Gasteiger partial charge in [-0.1, -0.05) is 17.7 Å². The predicted octanol–water partition coefficient (Wildman–Crippen LogP) is 1.15. The average Bonchev–Trinajstić information content (AvgIpc) is 2.38. The van der Waals surface area contributed by atoms with Gasteiger partial charge in [-0.25, -0.2) is 12.7 Å². The van der Waals surface area contributed by atoms with E-state index in [1.807, 2.05) is 19.1 Å². The fraction of sp³-hybridized carbons (Fsp3) is 0.500. The standard InChI is InChI=1S/C14H20N2O3S/c1-11-5-7-12(8-6-11)14(17)15-13-4-3-9-16(10-13)20(2,18)19/h5-8,13H,3-4,9-10H2,1-2H3,(H,15,17). The van der Waals surface area contributed by atoms with Gasteiger partial charge in [0.25, 0.3) is 5.91 Å². The van der Waals surface area contributed by atoms with Crippen LogP contribution in [0.15, 0.2) is 24.3 Å². The Labute approximate surface area is 120 Å². The van der Waals surface area contributed by atoms with Gasteiger partial charge in [0.15, 0.2) is 0 Å². The highest BCUT2D eigenvalue weighted by molar-refractivity contribution is 7.88. The number of hydrogen-bond donors (Lipinski definition) is 1.